The van der Waals surface area contributed by atoms with Gasteiger partial charge in [0.15, 0.2) is 6.10 Å². The minimum atomic E-state index is -1.36. The van der Waals surface area contributed by atoms with Gasteiger partial charge in [-0.15, -0.1) is 0 Å². The van der Waals surface area contributed by atoms with E-state index in [4.69, 9.17) is 14.2 Å². The van der Waals surface area contributed by atoms with E-state index >= 15 is 0 Å². The van der Waals surface area contributed by atoms with Gasteiger partial charge in [0, 0.05) is 64.8 Å². The van der Waals surface area contributed by atoms with Crippen LogP contribution in [-0.2, 0) is 25.5 Å². The van der Waals surface area contributed by atoms with Gasteiger partial charge in [-0.1, -0.05) is 55.3 Å². The summed E-state index contributed by atoms with van der Waals surface area (Å²) in [7, 11) is 5.21. The highest BCUT2D eigenvalue weighted by molar-refractivity contribution is 8.01. The predicted molar refractivity (Wildman–Crippen MR) is 208 cm³/mol. The molecule has 2 amide bonds. The fraction of sp³-hybridized carbons (Fsp3) is 0.512. The molecule has 5 rings (SSSR count). The molecule has 0 bridgehead atoms. The Morgan fingerprint density at radius 2 is 2.04 bits per heavy atom. The highest BCUT2D eigenvalue weighted by Crippen LogP contribution is 2.43. The number of aliphatic hydroxyl groups excluding tert-OH is 1. The number of hydrogen-bond donors (Lipinski definition) is 3. The van der Waals surface area contributed by atoms with Crippen LogP contribution in [0.1, 0.15) is 73.8 Å². The Morgan fingerprint density at radius 1 is 1.21 bits per heavy atom. The molecule has 0 aromatic heterocycles. The van der Waals surface area contributed by atoms with E-state index in [-0.39, 0.29) is 24.2 Å². The Morgan fingerprint density at radius 3 is 2.71 bits per heavy atom. The third-order valence-corrected chi connectivity index (χ3v) is 11.3. The summed E-state index contributed by atoms with van der Waals surface area (Å²) in [6, 6.07) is 12.4. The number of hydrogen-bond acceptors (Lipinski definition) is 9. The highest BCUT2D eigenvalue weighted by Gasteiger charge is 2.39. The smallest absolute Gasteiger partial charge is 0.263 e. The molecule has 2 aromatic rings. The Bertz CT molecular complexity index is 1630. The summed E-state index contributed by atoms with van der Waals surface area (Å²) in [6.07, 6.45) is 13.2. The Labute approximate surface area is 313 Å². The third kappa shape index (κ3) is 10.0. The number of dihydropyridines is 1. The number of carbonyl (C=O) groups excluding carboxylic acids is 2. The van der Waals surface area contributed by atoms with Gasteiger partial charge in [-0.05, 0) is 97.4 Å². The summed E-state index contributed by atoms with van der Waals surface area (Å²) in [6.45, 7) is 8.70. The van der Waals surface area contributed by atoms with E-state index in [2.05, 4.69) is 59.1 Å². The van der Waals surface area contributed by atoms with Crippen molar-refractivity contribution in [1.82, 2.24) is 14.9 Å². The van der Waals surface area contributed by atoms with E-state index in [1.165, 1.54) is 16.7 Å². The Kier molecular flexibility index (Phi) is 14.3. The van der Waals surface area contributed by atoms with Crippen LogP contribution >= 0.6 is 11.9 Å². The first-order valence-corrected chi connectivity index (χ1v) is 19.3. The minimum absolute atomic E-state index is 0.0211. The number of aryl methyl sites for hydroxylation is 2. The molecule has 0 spiro atoms. The van der Waals surface area contributed by atoms with E-state index in [0.29, 0.717) is 30.6 Å². The fourth-order valence-electron chi connectivity index (χ4n) is 7.23. The Balaban J connectivity index is 1.36. The average molecular weight is 733 g/mol. The lowest BCUT2D eigenvalue weighted by Gasteiger charge is -2.43. The van der Waals surface area contributed by atoms with Crippen molar-refractivity contribution in [1.29, 1.82) is 0 Å². The second kappa shape index (κ2) is 18.8. The lowest BCUT2D eigenvalue weighted by Crippen LogP contribution is -2.44. The van der Waals surface area contributed by atoms with Crippen molar-refractivity contribution in [3.8, 4) is 5.75 Å². The molecule has 52 heavy (non-hydrogen) atoms. The summed E-state index contributed by atoms with van der Waals surface area (Å²) < 4.78 is 20.6. The van der Waals surface area contributed by atoms with Gasteiger partial charge in [-0.25, -0.2) is 0 Å². The quantitative estimate of drug-likeness (QED) is 0.138. The molecule has 282 valence electrons. The lowest BCUT2D eigenvalue weighted by molar-refractivity contribution is -0.128. The van der Waals surface area contributed by atoms with Gasteiger partial charge in [-0.2, -0.15) is 0 Å². The molecule has 0 saturated heterocycles. The molecule has 0 radical (unpaired) electrons. The zero-order valence-electron chi connectivity index (χ0n) is 31.5. The molecule has 1 fully saturated rings. The van der Waals surface area contributed by atoms with Crippen molar-refractivity contribution >= 4 is 29.4 Å². The first kappa shape index (κ1) is 39.4. The molecule has 2 heterocycles. The van der Waals surface area contributed by atoms with Crippen LogP contribution < -0.4 is 19.7 Å². The molecular formula is C41H56N4O6S. The second-order valence-electron chi connectivity index (χ2n) is 14.2. The van der Waals surface area contributed by atoms with Crippen molar-refractivity contribution in [3.05, 3.63) is 94.1 Å². The number of aliphatic hydroxyl groups is 1. The van der Waals surface area contributed by atoms with Gasteiger partial charge in [0.25, 0.3) is 5.91 Å². The van der Waals surface area contributed by atoms with Crippen molar-refractivity contribution in [2.24, 2.45) is 11.8 Å². The monoisotopic (exact) mass is 732 g/mol. The molecule has 11 heteroatoms. The number of ether oxygens (including phenoxy) is 3. The van der Waals surface area contributed by atoms with Gasteiger partial charge in [0.1, 0.15) is 12.0 Å². The lowest BCUT2D eigenvalue weighted by atomic mass is 9.70. The van der Waals surface area contributed by atoms with Crippen LogP contribution in [0, 0.1) is 18.8 Å². The van der Waals surface area contributed by atoms with Gasteiger partial charge >= 0.3 is 0 Å². The minimum Gasteiger partial charge on any atom is -0.491 e. The number of allylic oxidation sites excluding steroid dienone is 1. The predicted octanol–water partition coefficient (Wildman–Crippen LogP) is 6.17. The molecule has 3 aliphatic rings. The fourth-order valence-corrected chi connectivity index (χ4v) is 7.83. The maximum Gasteiger partial charge on any atom is 0.263 e. The number of anilines is 1. The van der Waals surface area contributed by atoms with E-state index < -0.39 is 12.0 Å². The number of fused-ring (bicyclic) bond motifs is 1. The second-order valence-corrected chi connectivity index (χ2v) is 15.0. The number of rotatable bonds is 16. The van der Waals surface area contributed by atoms with E-state index in [1.54, 1.807) is 38.3 Å². The average Bonchev–Trinajstić information content (AvgIpc) is 3.32. The molecule has 2 aliphatic heterocycles. The van der Waals surface area contributed by atoms with Crippen molar-refractivity contribution in [2.45, 2.75) is 77.2 Å². The van der Waals surface area contributed by atoms with Crippen LogP contribution in [0.3, 0.4) is 0 Å². The molecule has 6 unspecified atom stereocenters. The van der Waals surface area contributed by atoms with E-state index in [0.717, 1.165) is 73.5 Å². The molecule has 1 aliphatic carbocycles. The SMILES string of the molecule is CCCc1cc(C)ccc1C1COc2ccc(C(O)C(=O)NSC3=CNC(OC)C=C3)cc2N(CC2CCC2C(/C=C/CCN(C)C(C)=O)OC)C1. The maximum atomic E-state index is 13.2. The summed E-state index contributed by atoms with van der Waals surface area (Å²) in [5.41, 5.74) is 5.34. The van der Waals surface area contributed by atoms with Crippen molar-refractivity contribution in [2.75, 3.05) is 52.4 Å². The number of amides is 2. The molecular weight excluding hydrogens is 677 g/mol. The molecule has 2 aromatic carbocycles. The van der Waals surface area contributed by atoms with Crippen LogP contribution in [0.5, 0.6) is 5.75 Å². The standard InChI is InChI=1S/C41H56N4O6S/c1-7-10-29-21-27(2)12-16-34(29)32-25-45(24-31-13-17-35(31)37(49-5)11-8-9-20-44(4)28(3)46)36-22-30(14-18-38(36)51-26-32)40(47)41(48)43-52-33-15-19-39(50-6)42-23-33/h8,11-12,14-16,18-19,21-23,31-32,35,37,39-40,42,47H,7,9-10,13,17,20,24-26H2,1-6H3,(H,43,48)/b11-8+. The van der Waals surface area contributed by atoms with Crippen molar-refractivity contribution in [3.63, 3.8) is 0 Å². The summed E-state index contributed by atoms with van der Waals surface area (Å²) in [5, 5.41) is 14.3. The topological polar surface area (TPSA) is 113 Å². The molecule has 6 atom stereocenters. The Hall–Kier alpha value is -3.77. The van der Waals surface area contributed by atoms with Gasteiger partial charge < -0.3 is 34.4 Å². The first-order chi connectivity index (χ1) is 25.1. The van der Waals surface area contributed by atoms with E-state index in [1.807, 2.05) is 31.3 Å². The molecule has 3 N–H and O–H groups in total. The first-order valence-electron chi connectivity index (χ1n) is 18.5. The number of nitrogens with one attached hydrogen (secondary N) is 2. The largest absolute Gasteiger partial charge is 0.491 e. The number of nitrogens with zero attached hydrogens (tertiary/aromatic N) is 2. The summed E-state index contributed by atoms with van der Waals surface area (Å²) >= 11 is 1.14. The van der Waals surface area contributed by atoms with Crippen LogP contribution in [0.15, 0.2) is 71.8 Å². The van der Waals surface area contributed by atoms with Gasteiger partial charge in [-0.3, -0.25) is 14.3 Å². The zero-order valence-corrected chi connectivity index (χ0v) is 32.3. The van der Waals surface area contributed by atoms with Crippen LogP contribution in [0.25, 0.3) is 0 Å². The highest BCUT2D eigenvalue weighted by atomic mass is 32.2. The number of carbonyl (C=O) groups is 2. The zero-order chi connectivity index (χ0) is 37.2. The molecule has 10 nitrogen and oxygen atoms in total. The van der Waals surface area contributed by atoms with Crippen molar-refractivity contribution < 1.29 is 28.9 Å². The van der Waals surface area contributed by atoms with Gasteiger partial charge in [0.05, 0.1) is 18.4 Å². The van der Waals surface area contributed by atoms with Crippen LogP contribution in [0.4, 0.5) is 5.69 Å². The summed E-state index contributed by atoms with van der Waals surface area (Å²) in [5.74, 6) is 1.18. The van der Waals surface area contributed by atoms with Gasteiger partial charge in [0.2, 0.25) is 5.91 Å². The van der Waals surface area contributed by atoms with E-state index in [9.17, 15) is 14.7 Å². The number of methoxy groups -OCH3 is 2. The molecule has 1 saturated carbocycles. The third-order valence-electron chi connectivity index (χ3n) is 10.5. The number of benzene rings is 2. The summed E-state index contributed by atoms with van der Waals surface area (Å²) in [4.78, 5) is 29.8. The van der Waals surface area contributed by atoms with Crippen LogP contribution in [-0.4, -0.2) is 81.7 Å². The maximum absolute atomic E-state index is 13.2. The normalized spacial score (nSPS) is 22.3. The van der Waals surface area contributed by atoms with Crippen LogP contribution in [0.2, 0.25) is 0 Å².